The molecule has 0 bridgehead atoms. The van der Waals surface area contributed by atoms with E-state index in [2.05, 4.69) is 11.4 Å². The van der Waals surface area contributed by atoms with Crippen molar-refractivity contribution in [3.63, 3.8) is 0 Å². The molecule has 0 aliphatic carbocycles. The normalized spacial score (nSPS) is 9.67. The van der Waals surface area contributed by atoms with E-state index < -0.39 is 4.92 Å². The molecule has 21 heavy (non-hydrogen) atoms. The summed E-state index contributed by atoms with van der Waals surface area (Å²) in [6.45, 7) is 0.910. The third kappa shape index (κ3) is 3.94. The van der Waals surface area contributed by atoms with Crippen molar-refractivity contribution in [2.75, 3.05) is 18.5 Å². The minimum atomic E-state index is -0.454. The lowest BCUT2D eigenvalue weighted by Gasteiger charge is -2.09. The molecule has 0 saturated carbocycles. The molecule has 0 atom stereocenters. The van der Waals surface area contributed by atoms with E-state index in [1.165, 1.54) is 12.1 Å². The zero-order chi connectivity index (χ0) is 15.1. The number of para-hydroxylation sites is 1. The summed E-state index contributed by atoms with van der Waals surface area (Å²) in [7, 11) is 0. The summed E-state index contributed by atoms with van der Waals surface area (Å²) in [5, 5.41) is 22.6. The third-order valence-electron chi connectivity index (χ3n) is 2.78. The van der Waals surface area contributed by atoms with Crippen molar-refractivity contribution in [3.05, 3.63) is 64.2 Å². The minimum absolute atomic E-state index is 0.0309. The van der Waals surface area contributed by atoms with Gasteiger partial charge in [-0.1, -0.05) is 12.1 Å². The van der Waals surface area contributed by atoms with Crippen LogP contribution in [0.15, 0.2) is 48.5 Å². The second-order valence-corrected chi connectivity index (χ2v) is 4.18. The number of nitriles is 1. The zero-order valence-electron chi connectivity index (χ0n) is 11.2. The summed E-state index contributed by atoms with van der Waals surface area (Å²) in [4.78, 5) is 10.1. The molecule has 0 amide bonds. The van der Waals surface area contributed by atoms with Gasteiger partial charge in [-0.05, 0) is 24.3 Å². The van der Waals surface area contributed by atoms with Crippen molar-refractivity contribution in [2.24, 2.45) is 0 Å². The van der Waals surface area contributed by atoms with Gasteiger partial charge in [0.2, 0.25) is 0 Å². The Kier molecular flexibility index (Phi) is 4.72. The zero-order valence-corrected chi connectivity index (χ0v) is 11.2. The molecule has 6 heteroatoms. The van der Waals surface area contributed by atoms with Gasteiger partial charge in [0, 0.05) is 18.7 Å². The van der Waals surface area contributed by atoms with Gasteiger partial charge in [0.15, 0.2) is 0 Å². The first-order valence-corrected chi connectivity index (χ1v) is 6.31. The first-order valence-electron chi connectivity index (χ1n) is 6.31. The highest BCUT2D eigenvalue weighted by molar-refractivity contribution is 5.57. The van der Waals surface area contributed by atoms with E-state index in [-0.39, 0.29) is 5.69 Å². The van der Waals surface area contributed by atoms with Crippen molar-refractivity contribution in [1.82, 2.24) is 0 Å². The average molecular weight is 283 g/mol. The number of nitro groups is 1. The summed E-state index contributed by atoms with van der Waals surface area (Å²) in [6, 6.07) is 15.2. The number of nitro benzene ring substituents is 1. The number of rotatable bonds is 6. The number of hydrogen-bond donors (Lipinski definition) is 1. The van der Waals surface area contributed by atoms with Gasteiger partial charge >= 0.3 is 0 Å². The SMILES string of the molecule is N#Cc1ccccc1NCCOc1ccc([N+](=O)[O-])cc1. The molecule has 0 spiro atoms. The van der Waals surface area contributed by atoms with Gasteiger partial charge in [-0.3, -0.25) is 10.1 Å². The van der Waals surface area contributed by atoms with Crippen LogP contribution in [-0.2, 0) is 0 Å². The second-order valence-electron chi connectivity index (χ2n) is 4.18. The maximum Gasteiger partial charge on any atom is 0.269 e. The predicted octanol–water partition coefficient (Wildman–Crippen LogP) is 2.96. The molecule has 0 saturated heterocycles. The smallest absolute Gasteiger partial charge is 0.269 e. The first kappa shape index (κ1) is 14.3. The fourth-order valence-electron chi connectivity index (χ4n) is 1.75. The lowest BCUT2D eigenvalue weighted by atomic mass is 10.2. The number of non-ortho nitro benzene ring substituents is 1. The Morgan fingerprint density at radius 1 is 1.19 bits per heavy atom. The van der Waals surface area contributed by atoms with Crippen LogP contribution < -0.4 is 10.1 Å². The van der Waals surface area contributed by atoms with Crippen LogP contribution in [0.25, 0.3) is 0 Å². The molecule has 2 rings (SSSR count). The standard InChI is InChI=1S/C15H13N3O3/c16-11-12-3-1-2-4-15(12)17-9-10-21-14-7-5-13(6-8-14)18(19)20/h1-8,17H,9-10H2. The maximum atomic E-state index is 10.5. The Bertz CT molecular complexity index is 663. The first-order chi connectivity index (χ1) is 10.2. The molecule has 2 aromatic rings. The summed E-state index contributed by atoms with van der Waals surface area (Å²) < 4.78 is 5.47. The predicted molar refractivity (Wildman–Crippen MR) is 78.2 cm³/mol. The molecule has 0 aliphatic heterocycles. The Morgan fingerprint density at radius 2 is 1.90 bits per heavy atom. The van der Waals surface area contributed by atoms with E-state index in [9.17, 15) is 10.1 Å². The van der Waals surface area contributed by atoms with Gasteiger partial charge in [0.25, 0.3) is 5.69 Å². The quantitative estimate of drug-likeness (QED) is 0.500. The van der Waals surface area contributed by atoms with Crippen LogP contribution in [0.5, 0.6) is 5.75 Å². The Morgan fingerprint density at radius 3 is 2.57 bits per heavy atom. The highest BCUT2D eigenvalue weighted by Crippen LogP contribution is 2.17. The average Bonchev–Trinajstić information content (AvgIpc) is 2.52. The number of nitrogens with one attached hydrogen (secondary N) is 1. The van der Waals surface area contributed by atoms with Gasteiger partial charge in [0.05, 0.1) is 16.2 Å². The molecule has 0 radical (unpaired) electrons. The number of benzene rings is 2. The Labute approximate surface area is 121 Å². The molecular formula is C15H13N3O3. The van der Waals surface area contributed by atoms with E-state index in [1.807, 2.05) is 12.1 Å². The van der Waals surface area contributed by atoms with Crippen molar-refractivity contribution in [3.8, 4) is 11.8 Å². The van der Waals surface area contributed by atoms with Gasteiger partial charge < -0.3 is 10.1 Å². The topological polar surface area (TPSA) is 88.2 Å². The molecule has 0 fully saturated rings. The summed E-state index contributed by atoms with van der Waals surface area (Å²) in [5.41, 5.74) is 1.36. The van der Waals surface area contributed by atoms with E-state index in [1.54, 1.807) is 24.3 Å². The van der Waals surface area contributed by atoms with Crippen molar-refractivity contribution in [2.45, 2.75) is 0 Å². The summed E-state index contributed by atoms with van der Waals surface area (Å²) in [6.07, 6.45) is 0. The van der Waals surface area contributed by atoms with Crippen LogP contribution in [0.4, 0.5) is 11.4 Å². The highest BCUT2D eigenvalue weighted by atomic mass is 16.6. The molecular weight excluding hydrogens is 270 g/mol. The van der Waals surface area contributed by atoms with E-state index in [0.29, 0.717) is 24.5 Å². The van der Waals surface area contributed by atoms with Gasteiger partial charge in [-0.25, -0.2) is 0 Å². The van der Waals surface area contributed by atoms with Crippen LogP contribution in [0.1, 0.15) is 5.56 Å². The lowest BCUT2D eigenvalue weighted by molar-refractivity contribution is -0.384. The van der Waals surface area contributed by atoms with Crippen LogP contribution in [0.2, 0.25) is 0 Å². The fourth-order valence-corrected chi connectivity index (χ4v) is 1.75. The molecule has 0 aliphatic rings. The molecule has 2 aromatic carbocycles. The Hall–Kier alpha value is -3.07. The monoisotopic (exact) mass is 283 g/mol. The number of anilines is 1. The highest BCUT2D eigenvalue weighted by Gasteiger charge is 2.04. The van der Waals surface area contributed by atoms with Crippen LogP contribution in [0.3, 0.4) is 0 Å². The minimum Gasteiger partial charge on any atom is -0.492 e. The molecule has 6 nitrogen and oxygen atoms in total. The largest absolute Gasteiger partial charge is 0.492 e. The van der Waals surface area contributed by atoms with Gasteiger partial charge in [0.1, 0.15) is 18.4 Å². The van der Waals surface area contributed by atoms with Gasteiger partial charge in [-0.15, -0.1) is 0 Å². The molecule has 106 valence electrons. The van der Waals surface area contributed by atoms with E-state index >= 15 is 0 Å². The molecule has 0 unspecified atom stereocenters. The molecule has 0 heterocycles. The van der Waals surface area contributed by atoms with Crippen molar-refractivity contribution in [1.29, 1.82) is 5.26 Å². The van der Waals surface area contributed by atoms with E-state index in [4.69, 9.17) is 10.00 Å². The lowest BCUT2D eigenvalue weighted by Crippen LogP contribution is -2.12. The van der Waals surface area contributed by atoms with E-state index in [0.717, 1.165) is 5.69 Å². The summed E-state index contributed by atoms with van der Waals surface area (Å²) >= 11 is 0. The van der Waals surface area contributed by atoms with Crippen molar-refractivity contribution < 1.29 is 9.66 Å². The molecule has 1 N–H and O–H groups in total. The number of nitrogens with zero attached hydrogens (tertiary/aromatic N) is 2. The van der Waals surface area contributed by atoms with Crippen LogP contribution in [0, 0.1) is 21.4 Å². The number of hydrogen-bond acceptors (Lipinski definition) is 5. The molecule has 0 aromatic heterocycles. The Balaban J connectivity index is 1.82. The van der Waals surface area contributed by atoms with Crippen molar-refractivity contribution >= 4 is 11.4 Å². The third-order valence-corrected chi connectivity index (χ3v) is 2.78. The fraction of sp³-hybridized carbons (Fsp3) is 0.133. The van der Waals surface area contributed by atoms with Gasteiger partial charge in [-0.2, -0.15) is 5.26 Å². The number of ether oxygens (including phenoxy) is 1. The van der Waals surface area contributed by atoms with Crippen LogP contribution >= 0.6 is 0 Å². The maximum absolute atomic E-state index is 10.5. The second kappa shape index (κ2) is 6.91. The van der Waals surface area contributed by atoms with Crippen LogP contribution in [-0.4, -0.2) is 18.1 Å². The summed E-state index contributed by atoms with van der Waals surface area (Å²) in [5.74, 6) is 0.566.